The van der Waals surface area contributed by atoms with Crippen LogP contribution in [0.4, 0.5) is 0 Å². The smallest absolute Gasteiger partial charge is 0.339 e. The average Bonchev–Trinajstić information content (AvgIpc) is 2.91. The van der Waals surface area contributed by atoms with E-state index in [2.05, 4.69) is 10.2 Å². The molecular formula is C13H18N2O5. The Balaban J connectivity index is 2.42. The summed E-state index contributed by atoms with van der Waals surface area (Å²) in [5, 5.41) is 8.19. The molecule has 0 spiro atoms. The van der Waals surface area contributed by atoms with Crippen molar-refractivity contribution in [3.8, 4) is 5.75 Å². The number of rotatable bonds is 5. The lowest BCUT2D eigenvalue weighted by Crippen LogP contribution is -2.30. The SMILES string of the molecule is COc1cc(=O)oc([C@@H]2N=NC[C@H]2C(OC)OC)c1C. The molecular weight excluding hydrogens is 264 g/mol. The van der Waals surface area contributed by atoms with Crippen molar-refractivity contribution >= 4 is 0 Å². The molecule has 2 heterocycles. The van der Waals surface area contributed by atoms with Crippen molar-refractivity contribution in [1.29, 1.82) is 0 Å². The van der Waals surface area contributed by atoms with Crippen LogP contribution in [-0.4, -0.2) is 34.2 Å². The van der Waals surface area contributed by atoms with Crippen LogP contribution in [0.15, 0.2) is 25.5 Å². The fourth-order valence-corrected chi connectivity index (χ4v) is 2.39. The second-order valence-electron chi connectivity index (χ2n) is 4.51. The highest BCUT2D eigenvalue weighted by atomic mass is 16.7. The van der Waals surface area contributed by atoms with E-state index in [4.69, 9.17) is 18.6 Å². The van der Waals surface area contributed by atoms with E-state index >= 15 is 0 Å². The molecule has 0 radical (unpaired) electrons. The molecule has 0 aromatic carbocycles. The third-order valence-electron chi connectivity index (χ3n) is 3.41. The van der Waals surface area contributed by atoms with Crippen LogP contribution in [0.5, 0.6) is 5.75 Å². The molecule has 0 amide bonds. The lowest BCUT2D eigenvalue weighted by atomic mass is 9.96. The Labute approximate surface area is 116 Å². The van der Waals surface area contributed by atoms with E-state index in [1.54, 1.807) is 14.2 Å². The highest BCUT2D eigenvalue weighted by Crippen LogP contribution is 2.38. The molecule has 20 heavy (non-hydrogen) atoms. The molecule has 0 bridgehead atoms. The van der Waals surface area contributed by atoms with Crippen LogP contribution in [0.1, 0.15) is 17.4 Å². The molecule has 0 saturated heterocycles. The van der Waals surface area contributed by atoms with Gasteiger partial charge in [0.1, 0.15) is 17.6 Å². The van der Waals surface area contributed by atoms with Gasteiger partial charge < -0.3 is 18.6 Å². The highest BCUT2D eigenvalue weighted by Gasteiger charge is 2.38. The van der Waals surface area contributed by atoms with Gasteiger partial charge in [0.15, 0.2) is 6.29 Å². The molecule has 7 nitrogen and oxygen atoms in total. The largest absolute Gasteiger partial charge is 0.496 e. The maximum atomic E-state index is 11.6. The summed E-state index contributed by atoms with van der Waals surface area (Å²) in [6, 6.07) is 0.895. The van der Waals surface area contributed by atoms with E-state index in [9.17, 15) is 4.79 Å². The minimum absolute atomic E-state index is 0.140. The van der Waals surface area contributed by atoms with Gasteiger partial charge in [-0.1, -0.05) is 0 Å². The summed E-state index contributed by atoms with van der Waals surface area (Å²) < 4.78 is 21.0. The predicted octanol–water partition coefficient (Wildman–Crippen LogP) is 1.70. The van der Waals surface area contributed by atoms with Gasteiger partial charge in [0, 0.05) is 19.8 Å². The van der Waals surface area contributed by atoms with E-state index < -0.39 is 18.0 Å². The average molecular weight is 282 g/mol. The maximum absolute atomic E-state index is 11.6. The van der Waals surface area contributed by atoms with Gasteiger partial charge in [0.2, 0.25) is 0 Å². The van der Waals surface area contributed by atoms with Crippen molar-refractivity contribution in [1.82, 2.24) is 0 Å². The molecule has 0 fully saturated rings. The van der Waals surface area contributed by atoms with E-state index in [1.807, 2.05) is 6.92 Å². The number of hydrogen-bond acceptors (Lipinski definition) is 7. The van der Waals surface area contributed by atoms with Crippen LogP contribution in [0, 0.1) is 12.8 Å². The summed E-state index contributed by atoms with van der Waals surface area (Å²) in [6.45, 7) is 2.27. The molecule has 7 heteroatoms. The van der Waals surface area contributed by atoms with Gasteiger partial charge in [-0.2, -0.15) is 10.2 Å². The zero-order valence-electron chi connectivity index (χ0n) is 12.0. The predicted molar refractivity (Wildman–Crippen MR) is 70.0 cm³/mol. The lowest BCUT2D eigenvalue weighted by Gasteiger charge is -2.24. The molecule has 2 rings (SSSR count). The van der Waals surface area contributed by atoms with E-state index in [1.165, 1.54) is 13.2 Å². The number of ether oxygens (including phenoxy) is 3. The van der Waals surface area contributed by atoms with Gasteiger partial charge in [0.25, 0.3) is 0 Å². The lowest BCUT2D eigenvalue weighted by molar-refractivity contribution is -0.137. The molecule has 2 atom stereocenters. The second-order valence-corrected chi connectivity index (χ2v) is 4.51. The third kappa shape index (κ3) is 2.59. The Kier molecular flexibility index (Phi) is 4.51. The third-order valence-corrected chi connectivity index (χ3v) is 3.41. The van der Waals surface area contributed by atoms with Gasteiger partial charge in [0.05, 0.1) is 25.6 Å². The van der Waals surface area contributed by atoms with Gasteiger partial charge in [-0.15, -0.1) is 0 Å². The first-order chi connectivity index (χ1) is 9.62. The normalized spacial score (nSPS) is 21.6. The summed E-state index contributed by atoms with van der Waals surface area (Å²) >= 11 is 0. The van der Waals surface area contributed by atoms with Crippen LogP contribution < -0.4 is 10.4 Å². The van der Waals surface area contributed by atoms with Crippen molar-refractivity contribution in [2.45, 2.75) is 19.3 Å². The van der Waals surface area contributed by atoms with Crippen LogP contribution in [0.25, 0.3) is 0 Å². The monoisotopic (exact) mass is 282 g/mol. The van der Waals surface area contributed by atoms with Gasteiger partial charge in [-0.25, -0.2) is 4.79 Å². The Morgan fingerprint density at radius 1 is 1.35 bits per heavy atom. The summed E-state index contributed by atoms with van der Waals surface area (Å²) in [5.41, 5.74) is 0.253. The molecule has 1 aromatic rings. The number of methoxy groups -OCH3 is 3. The number of azo groups is 1. The van der Waals surface area contributed by atoms with Gasteiger partial charge in [-0.05, 0) is 6.92 Å². The Morgan fingerprint density at radius 3 is 2.65 bits per heavy atom. The van der Waals surface area contributed by atoms with Gasteiger partial charge in [-0.3, -0.25) is 0 Å². The molecule has 1 aromatic heterocycles. The summed E-state index contributed by atoms with van der Waals surface area (Å²) in [5.74, 6) is 0.780. The summed E-state index contributed by atoms with van der Waals surface area (Å²) in [6.07, 6.45) is -0.467. The molecule has 1 aliphatic heterocycles. The van der Waals surface area contributed by atoms with Crippen molar-refractivity contribution in [3.05, 3.63) is 27.8 Å². The van der Waals surface area contributed by atoms with E-state index in [0.29, 0.717) is 18.1 Å². The maximum Gasteiger partial charge on any atom is 0.339 e. The first-order valence-electron chi connectivity index (χ1n) is 6.23. The van der Waals surface area contributed by atoms with Crippen molar-refractivity contribution in [2.75, 3.05) is 27.9 Å². The number of hydrogen-bond donors (Lipinski definition) is 0. The topological polar surface area (TPSA) is 82.6 Å². The fourth-order valence-electron chi connectivity index (χ4n) is 2.39. The first-order valence-corrected chi connectivity index (χ1v) is 6.23. The molecule has 0 saturated carbocycles. The van der Waals surface area contributed by atoms with Crippen molar-refractivity contribution < 1.29 is 18.6 Å². The van der Waals surface area contributed by atoms with Crippen LogP contribution in [0.2, 0.25) is 0 Å². The molecule has 110 valence electrons. The Morgan fingerprint density at radius 2 is 2.05 bits per heavy atom. The quantitative estimate of drug-likeness (QED) is 0.767. The zero-order valence-corrected chi connectivity index (χ0v) is 12.0. The first kappa shape index (κ1) is 14.7. The second kappa shape index (κ2) is 6.15. The molecule has 0 unspecified atom stereocenters. The molecule has 0 aliphatic carbocycles. The van der Waals surface area contributed by atoms with Crippen LogP contribution in [0.3, 0.4) is 0 Å². The zero-order chi connectivity index (χ0) is 14.7. The van der Waals surface area contributed by atoms with Crippen LogP contribution >= 0.6 is 0 Å². The Bertz CT molecular complexity index is 550. The Hall–Kier alpha value is -1.73. The fraction of sp³-hybridized carbons (Fsp3) is 0.615. The number of nitrogens with zero attached hydrogens (tertiary/aromatic N) is 2. The van der Waals surface area contributed by atoms with Crippen LogP contribution in [-0.2, 0) is 9.47 Å². The van der Waals surface area contributed by atoms with E-state index in [0.717, 1.165) is 5.56 Å². The van der Waals surface area contributed by atoms with E-state index in [-0.39, 0.29) is 5.92 Å². The summed E-state index contributed by atoms with van der Waals surface area (Å²) in [4.78, 5) is 11.6. The van der Waals surface area contributed by atoms with Crippen molar-refractivity contribution in [3.63, 3.8) is 0 Å². The van der Waals surface area contributed by atoms with Gasteiger partial charge >= 0.3 is 5.63 Å². The standard InChI is InChI=1S/C13H18N2O5/c1-7-9(17-2)5-10(16)20-12(7)11-8(6-14-15-11)13(18-3)19-4/h5,8,11,13H,6H2,1-4H3/t8-,11-/m1/s1. The summed E-state index contributed by atoms with van der Waals surface area (Å²) in [7, 11) is 4.61. The van der Waals surface area contributed by atoms with Crippen molar-refractivity contribution in [2.24, 2.45) is 16.1 Å². The molecule has 1 aliphatic rings. The minimum atomic E-state index is -0.477. The highest BCUT2D eigenvalue weighted by molar-refractivity contribution is 5.34. The molecule has 0 N–H and O–H groups in total. The minimum Gasteiger partial charge on any atom is -0.496 e.